The van der Waals surface area contributed by atoms with Crippen LogP contribution in [0.5, 0.6) is 0 Å². The lowest BCUT2D eigenvalue weighted by molar-refractivity contribution is 0.167. The molecular weight excluding hydrogens is 489 g/mol. The zero-order valence-electron chi connectivity index (χ0n) is 18.8. The second-order valence-electron chi connectivity index (χ2n) is 8.21. The molecule has 0 bridgehead atoms. The first kappa shape index (κ1) is 24.6. The van der Waals surface area contributed by atoms with E-state index < -0.39 is 0 Å². The first-order valence-electron chi connectivity index (χ1n) is 10.7. The van der Waals surface area contributed by atoms with E-state index in [4.69, 9.17) is 4.99 Å². The summed E-state index contributed by atoms with van der Waals surface area (Å²) in [5.41, 5.74) is 1.24. The Morgan fingerprint density at radius 1 is 1.13 bits per heavy atom. The molecule has 2 heterocycles. The summed E-state index contributed by atoms with van der Waals surface area (Å²) >= 11 is 0. The molecule has 7 nitrogen and oxygen atoms in total. The fraction of sp³-hybridized carbons (Fsp3) is 0.591. The van der Waals surface area contributed by atoms with Gasteiger partial charge in [0.25, 0.3) is 0 Å². The fourth-order valence-electron chi connectivity index (χ4n) is 3.66. The highest BCUT2D eigenvalue weighted by atomic mass is 127. The summed E-state index contributed by atoms with van der Waals surface area (Å²) in [4.78, 5) is 7.38. The maximum Gasteiger partial charge on any atom is 0.192 e. The highest BCUT2D eigenvalue weighted by molar-refractivity contribution is 14.0. The topological polar surface area (TPSA) is 70.4 Å². The van der Waals surface area contributed by atoms with Gasteiger partial charge in [-0.05, 0) is 46.1 Å². The van der Waals surface area contributed by atoms with Crippen LogP contribution in [0.1, 0.15) is 56.9 Å². The van der Waals surface area contributed by atoms with E-state index in [9.17, 15) is 0 Å². The largest absolute Gasteiger partial charge is 0.354 e. The second-order valence-corrected chi connectivity index (χ2v) is 8.21. The Kier molecular flexibility index (Phi) is 9.54. The van der Waals surface area contributed by atoms with E-state index in [1.807, 2.05) is 24.6 Å². The first-order chi connectivity index (χ1) is 13.9. The number of aryl methyl sites for hydroxylation is 1. The Balaban J connectivity index is 0.00000320. The fourth-order valence-corrected chi connectivity index (χ4v) is 3.66. The molecule has 0 spiro atoms. The molecule has 30 heavy (non-hydrogen) atoms. The van der Waals surface area contributed by atoms with Crippen LogP contribution in [-0.2, 0) is 13.6 Å². The van der Waals surface area contributed by atoms with Crippen molar-refractivity contribution in [3.63, 3.8) is 0 Å². The van der Waals surface area contributed by atoms with Gasteiger partial charge in [-0.3, -0.25) is 0 Å². The number of benzene rings is 1. The minimum absolute atomic E-state index is 0. The Morgan fingerprint density at radius 3 is 2.37 bits per heavy atom. The van der Waals surface area contributed by atoms with Crippen molar-refractivity contribution in [2.45, 2.75) is 65.2 Å². The van der Waals surface area contributed by atoms with Gasteiger partial charge in [0.15, 0.2) is 11.8 Å². The van der Waals surface area contributed by atoms with Crippen LogP contribution in [0.25, 0.3) is 0 Å². The van der Waals surface area contributed by atoms with Crippen LogP contribution in [0.3, 0.4) is 0 Å². The average Bonchev–Trinajstić information content (AvgIpc) is 3.05. The van der Waals surface area contributed by atoms with Crippen molar-refractivity contribution in [1.82, 2.24) is 30.3 Å². The molecule has 0 aliphatic carbocycles. The molecule has 0 radical (unpaired) electrons. The van der Waals surface area contributed by atoms with E-state index >= 15 is 0 Å². The second kappa shape index (κ2) is 11.6. The molecule has 1 atom stereocenters. The van der Waals surface area contributed by atoms with Crippen molar-refractivity contribution in [2.75, 3.05) is 13.1 Å². The molecule has 1 unspecified atom stereocenters. The Bertz CT molecular complexity index is 795. The third kappa shape index (κ3) is 6.66. The number of likely N-dealkylation sites (tertiary alicyclic amines) is 1. The van der Waals surface area contributed by atoms with Crippen LogP contribution in [0, 0.1) is 6.92 Å². The summed E-state index contributed by atoms with van der Waals surface area (Å²) < 4.78 is 1.99. The number of halogens is 1. The Hall–Kier alpha value is -1.68. The minimum atomic E-state index is 0. The summed E-state index contributed by atoms with van der Waals surface area (Å²) in [5.74, 6) is 2.60. The van der Waals surface area contributed by atoms with E-state index in [0.29, 0.717) is 18.6 Å². The molecule has 8 heteroatoms. The molecule has 0 saturated carbocycles. The predicted molar refractivity (Wildman–Crippen MR) is 133 cm³/mol. The molecule has 1 aliphatic rings. The van der Waals surface area contributed by atoms with Crippen molar-refractivity contribution < 1.29 is 0 Å². The lowest BCUT2D eigenvalue weighted by Crippen LogP contribution is -2.50. The van der Waals surface area contributed by atoms with Gasteiger partial charge in [-0.25, -0.2) is 4.99 Å². The van der Waals surface area contributed by atoms with Gasteiger partial charge in [-0.1, -0.05) is 30.3 Å². The number of hydrogen-bond donors (Lipinski definition) is 2. The van der Waals surface area contributed by atoms with E-state index in [0.717, 1.165) is 43.5 Å². The van der Waals surface area contributed by atoms with Crippen molar-refractivity contribution in [1.29, 1.82) is 0 Å². The molecular formula is C22H36IN7. The van der Waals surface area contributed by atoms with Crippen LogP contribution in [-0.4, -0.2) is 50.8 Å². The summed E-state index contributed by atoms with van der Waals surface area (Å²) in [6.45, 7) is 11.4. The number of aliphatic imine (C=N–C) groups is 1. The minimum Gasteiger partial charge on any atom is -0.354 e. The molecule has 166 valence electrons. The Labute approximate surface area is 197 Å². The molecule has 1 aromatic carbocycles. The standard InChI is InChI=1S/C22H35N7.HI/c1-16(2)29-13-11-20(12-14-29)25-22(23-15-21-27-26-18(4)28(21)5)24-17(3)19-9-7-6-8-10-19;/h6-10,16-17,20H,11-15H2,1-5H3,(H2,23,24,25);1H. The summed E-state index contributed by atoms with van der Waals surface area (Å²) in [5, 5.41) is 15.6. The van der Waals surface area contributed by atoms with Gasteiger partial charge < -0.3 is 20.1 Å². The zero-order valence-corrected chi connectivity index (χ0v) is 21.1. The van der Waals surface area contributed by atoms with Crippen LogP contribution in [0.15, 0.2) is 35.3 Å². The highest BCUT2D eigenvalue weighted by Crippen LogP contribution is 2.14. The molecule has 1 saturated heterocycles. The molecule has 3 rings (SSSR count). The monoisotopic (exact) mass is 525 g/mol. The maximum absolute atomic E-state index is 4.84. The number of nitrogens with zero attached hydrogens (tertiary/aromatic N) is 5. The summed E-state index contributed by atoms with van der Waals surface area (Å²) in [6, 6.07) is 11.7. The van der Waals surface area contributed by atoms with Gasteiger partial charge in [0.05, 0.1) is 6.04 Å². The summed E-state index contributed by atoms with van der Waals surface area (Å²) in [7, 11) is 1.98. The quantitative estimate of drug-likeness (QED) is 0.344. The average molecular weight is 525 g/mol. The maximum atomic E-state index is 4.84. The van der Waals surface area contributed by atoms with Crippen molar-refractivity contribution >= 4 is 29.9 Å². The number of piperidine rings is 1. The zero-order chi connectivity index (χ0) is 20.8. The van der Waals surface area contributed by atoms with Crippen molar-refractivity contribution in [2.24, 2.45) is 12.0 Å². The normalized spacial score (nSPS) is 16.9. The molecule has 1 fully saturated rings. The lowest BCUT2D eigenvalue weighted by Gasteiger charge is -2.35. The van der Waals surface area contributed by atoms with E-state index in [1.165, 1.54) is 5.56 Å². The number of guanidine groups is 1. The molecule has 2 aromatic rings. The predicted octanol–water partition coefficient (Wildman–Crippen LogP) is 3.41. The van der Waals surface area contributed by atoms with Crippen LogP contribution >= 0.6 is 24.0 Å². The smallest absolute Gasteiger partial charge is 0.192 e. The van der Waals surface area contributed by atoms with Crippen molar-refractivity contribution in [3.05, 3.63) is 47.5 Å². The number of nitrogens with one attached hydrogen (secondary N) is 2. The number of hydrogen-bond acceptors (Lipinski definition) is 4. The van der Waals surface area contributed by atoms with Gasteiger partial charge in [0.1, 0.15) is 12.4 Å². The highest BCUT2D eigenvalue weighted by Gasteiger charge is 2.22. The molecule has 2 N–H and O–H groups in total. The van der Waals surface area contributed by atoms with Crippen LogP contribution in [0.2, 0.25) is 0 Å². The first-order valence-corrected chi connectivity index (χ1v) is 10.7. The van der Waals surface area contributed by atoms with Gasteiger partial charge in [0.2, 0.25) is 0 Å². The van der Waals surface area contributed by atoms with Crippen LogP contribution in [0.4, 0.5) is 0 Å². The van der Waals surface area contributed by atoms with Crippen molar-refractivity contribution in [3.8, 4) is 0 Å². The van der Waals surface area contributed by atoms with Gasteiger partial charge in [-0.2, -0.15) is 0 Å². The summed E-state index contributed by atoms with van der Waals surface area (Å²) in [6.07, 6.45) is 2.25. The third-order valence-corrected chi connectivity index (χ3v) is 5.81. The van der Waals surface area contributed by atoms with Gasteiger partial charge in [-0.15, -0.1) is 34.2 Å². The Morgan fingerprint density at radius 2 is 1.80 bits per heavy atom. The van der Waals surface area contributed by atoms with Gasteiger partial charge >= 0.3 is 0 Å². The molecule has 0 amide bonds. The number of rotatable bonds is 6. The lowest BCUT2D eigenvalue weighted by atomic mass is 10.0. The van der Waals surface area contributed by atoms with E-state index in [-0.39, 0.29) is 30.0 Å². The van der Waals surface area contributed by atoms with Crippen LogP contribution < -0.4 is 10.6 Å². The third-order valence-electron chi connectivity index (χ3n) is 5.81. The number of aromatic nitrogens is 3. The van der Waals surface area contributed by atoms with E-state index in [1.54, 1.807) is 0 Å². The molecule has 1 aliphatic heterocycles. The van der Waals surface area contributed by atoms with E-state index in [2.05, 4.69) is 70.8 Å². The SMILES string of the molecule is Cc1nnc(CN=C(NC2CCN(C(C)C)CC2)NC(C)c2ccccc2)n1C.I. The van der Waals surface area contributed by atoms with Gasteiger partial charge in [0, 0.05) is 32.2 Å². The molecule has 1 aromatic heterocycles.